The van der Waals surface area contributed by atoms with Gasteiger partial charge in [-0.1, -0.05) is 12.8 Å². The summed E-state index contributed by atoms with van der Waals surface area (Å²) in [7, 11) is 1.63. The van der Waals surface area contributed by atoms with Gasteiger partial charge in [0.15, 0.2) is 0 Å². The molecule has 0 N–H and O–H groups in total. The lowest BCUT2D eigenvalue weighted by Gasteiger charge is -2.40. The number of aromatic nitrogens is 2. The van der Waals surface area contributed by atoms with Gasteiger partial charge in [0.25, 0.3) is 0 Å². The average molecular weight is 369 g/mol. The lowest BCUT2D eigenvalue weighted by atomic mass is 9.86. The summed E-state index contributed by atoms with van der Waals surface area (Å²) in [4.78, 5) is 25.2. The third kappa shape index (κ3) is 4.75. The summed E-state index contributed by atoms with van der Waals surface area (Å²) < 4.78 is 5.19. The van der Waals surface area contributed by atoms with Crippen LogP contribution >= 0.6 is 12.4 Å². The lowest BCUT2D eigenvalue weighted by Crippen LogP contribution is -2.47. The van der Waals surface area contributed by atoms with Gasteiger partial charge in [0, 0.05) is 44.9 Å². The molecule has 140 valence electrons. The molecule has 1 aromatic heterocycles. The van der Waals surface area contributed by atoms with Gasteiger partial charge < -0.3 is 14.5 Å². The zero-order valence-electron chi connectivity index (χ0n) is 15.2. The predicted molar refractivity (Wildman–Crippen MR) is 100 cm³/mol. The van der Waals surface area contributed by atoms with Crippen LogP contribution in [-0.4, -0.2) is 53.6 Å². The van der Waals surface area contributed by atoms with Gasteiger partial charge in [-0.2, -0.15) is 4.98 Å². The molecule has 1 atom stereocenters. The SMILES string of the molecule is COc1ccnc(N2CCC(C3CCCCCN3C(C)=O)CC2)n1.Cl. The quantitative estimate of drug-likeness (QED) is 0.821. The first kappa shape index (κ1) is 19.8. The molecule has 2 aliphatic heterocycles. The standard InChI is InChI=1S/C18H28N4O2.ClH/c1-14(23)22-11-5-3-4-6-16(22)15-8-12-21(13-9-15)18-19-10-7-17(20-18)24-2;/h7,10,15-16H,3-6,8-9,11-13H2,1-2H3;1H. The van der Waals surface area contributed by atoms with E-state index >= 15 is 0 Å². The highest BCUT2D eigenvalue weighted by Gasteiger charge is 2.33. The number of carbonyl (C=O) groups excluding carboxylic acids is 1. The molecule has 0 radical (unpaired) electrons. The first-order valence-electron chi connectivity index (χ1n) is 9.08. The minimum Gasteiger partial charge on any atom is -0.481 e. The lowest BCUT2D eigenvalue weighted by molar-refractivity contribution is -0.132. The van der Waals surface area contributed by atoms with Crippen LogP contribution in [0.5, 0.6) is 5.88 Å². The number of amides is 1. The number of methoxy groups -OCH3 is 1. The van der Waals surface area contributed by atoms with E-state index in [1.165, 1.54) is 12.8 Å². The molecule has 0 spiro atoms. The number of likely N-dealkylation sites (tertiary alicyclic amines) is 1. The van der Waals surface area contributed by atoms with E-state index in [0.717, 1.165) is 51.3 Å². The van der Waals surface area contributed by atoms with E-state index in [4.69, 9.17) is 4.74 Å². The summed E-state index contributed by atoms with van der Waals surface area (Å²) in [6, 6.07) is 2.19. The fourth-order valence-corrected chi connectivity index (χ4v) is 4.10. The number of hydrogen-bond acceptors (Lipinski definition) is 5. The molecular formula is C18H29ClN4O2. The number of hydrogen-bond donors (Lipinski definition) is 0. The van der Waals surface area contributed by atoms with Crippen LogP contribution < -0.4 is 9.64 Å². The number of nitrogens with zero attached hydrogens (tertiary/aromatic N) is 4. The molecule has 1 aromatic rings. The molecule has 0 aromatic carbocycles. The maximum Gasteiger partial charge on any atom is 0.228 e. The number of anilines is 1. The normalized spacial score (nSPS) is 22.1. The van der Waals surface area contributed by atoms with E-state index in [9.17, 15) is 4.79 Å². The van der Waals surface area contributed by atoms with Crippen LogP contribution in [-0.2, 0) is 4.79 Å². The Morgan fingerprint density at radius 3 is 2.60 bits per heavy atom. The van der Waals surface area contributed by atoms with Gasteiger partial charge in [0.2, 0.25) is 17.7 Å². The molecule has 7 heteroatoms. The largest absolute Gasteiger partial charge is 0.481 e. The molecule has 25 heavy (non-hydrogen) atoms. The van der Waals surface area contributed by atoms with Crippen LogP contribution in [0.3, 0.4) is 0 Å². The number of piperidine rings is 1. The summed E-state index contributed by atoms with van der Waals surface area (Å²) in [5.41, 5.74) is 0. The molecule has 0 bridgehead atoms. The Kier molecular flexibility index (Phi) is 7.29. The Labute approximate surface area is 156 Å². The van der Waals surface area contributed by atoms with Crippen LogP contribution in [0.1, 0.15) is 45.4 Å². The highest BCUT2D eigenvalue weighted by atomic mass is 35.5. The molecule has 2 saturated heterocycles. The molecule has 3 heterocycles. The van der Waals surface area contributed by atoms with Crippen molar-refractivity contribution in [2.75, 3.05) is 31.6 Å². The molecule has 3 rings (SSSR count). The minimum absolute atomic E-state index is 0. The smallest absolute Gasteiger partial charge is 0.228 e. The second-order valence-electron chi connectivity index (χ2n) is 6.85. The van der Waals surface area contributed by atoms with Crippen molar-refractivity contribution < 1.29 is 9.53 Å². The summed E-state index contributed by atoms with van der Waals surface area (Å²) in [5.74, 6) is 2.18. The average Bonchev–Trinajstić information content (AvgIpc) is 2.88. The van der Waals surface area contributed by atoms with Crippen LogP contribution in [0.25, 0.3) is 0 Å². The van der Waals surface area contributed by atoms with Gasteiger partial charge in [-0.3, -0.25) is 4.79 Å². The van der Waals surface area contributed by atoms with Gasteiger partial charge in [-0.05, 0) is 31.6 Å². The third-order valence-corrected chi connectivity index (χ3v) is 5.40. The zero-order chi connectivity index (χ0) is 16.9. The topological polar surface area (TPSA) is 58.6 Å². The summed E-state index contributed by atoms with van der Waals surface area (Å²) >= 11 is 0. The highest BCUT2D eigenvalue weighted by Crippen LogP contribution is 2.31. The summed E-state index contributed by atoms with van der Waals surface area (Å²) in [6.07, 6.45) is 8.72. The zero-order valence-corrected chi connectivity index (χ0v) is 16.0. The third-order valence-electron chi connectivity index (χ3n) is 5.40. The van der Waals surface area contributed by atoms with Crippen molar-refractivity contribution in [3.63, 3.8) is 0 Å². The highest BCUT2D eigenvalue weighted by molar-refractivity contribution is 5.85. The number of ether oxygens (including phenoxy) is 1. The Balaban J connectivity index is 0.00000225. The van der Waals surface area contributed by atoms with Crippen molar-refractivity contribution in [2.24, 2.45) is 5.92 Å². The van der Waals surface area contributed by atoms with Crippen LogP contribution in [0.15, 0.2) is 12.3 Å². The molecule has 1 unspecified atom stereocenters. The van der Waals surface area contributed by atoms with Gasteiger partial charge in [0.1, 0.15) is 0 Å². The van der Waals surface area contributed by atoms with E-state index < -0.39 is 0 Å². The second-order valence-corrected chi connectivity index (χ2v) is 6.85. The van der Waals surface area contributed by atoms with E-state index in [0.29, 0.717) is 17.8 Å². The van der Waals surface area contributed by atoms with Crippen molar-refractivity contribution in [1.82, 2.24) is 14.9 Å². The van der Waals surface area contributed by atoms with E-state index in [2.05, 4.69) is 19.8 Å². The number of rotatable bonds is 3. The Hall–Kier alpha value is -1.56. The van der Waals surface area contributed by atoms with Gasteiger partial charge in [0.05, 0.1) is 7.11 Å². The molecular weight excluding hydrogens is 340 g/mol. The minimum atomic E-state index is 0. The Bertz CT molecular complexity index is 564. The first-order valence-corrected chi connectivity index (χ1v) is 9.08. The first-order chi connectivity index (χ1) is 11.7. The van der Waals surface area contributed by atoms with Crippen molar-refractivity contribution >= 4 is 24.3 Å². The van der Waals surface area contributed by atoms with Crippen LogP contribution in [0.2, 0.25) is 0 Å². The summed E-state index contributed by atoms with van der Waals surface area (Å²) in [6.45, 7) is 4.54. The molecule has 1 amide bonds. The Morgan fingerprint density at radius 2 is 1.92 bits per heavy atom. The van der Waals surface area contributed by atoms with Crippen molar-refractivity contribution in [3.8, 4) is 5.88 Å². The molecule has 2 fully saturated rings. The molecule has 6 nitrogen and oxygen atoms in total. The maximum absolute atomic E-state index is 12.0. The van der Waals surface area contributed by atoms with Gasteiger partial charge in [-0.25, -0.2) is 4.98 Å². The van der Waals surface area contributed by atoms with E-state index in [1.54, 1.807) is 26.3 Å². The van der Waals surface area contributed by atoms with E-state index in [1.807, 2.05) is 0 Å². The second kappa shape index (κ2) is 9.22. The van der Waals surface area contributed by atoms with Crippen molar-refractivity contribution in [2.45, 2.75) is 51.5 Å². The van der Waals surface area contributed by atoms with Crippen LogP contribution in [0, 0.1) is 5.92 Å². The van der Waals surface area contributed by atoms with Crippen molar-refractivity contribution in [3.05, 3.63) is 12.3 Å². The van der Waals surface area contributed by atoms with Gasteiger partial charge >= 0.3 is 0 Å². The number of carbonyl (C=O) groups is 1. The number of halogens is 1. The summed E-state index contributed by atoms with van der Waals surface area (Å²) in [5, 5.41) is 0. The molecule has 0 aliphatic carbocycles. The maximum atomic E-state index is 12.0. The predicted octanol–water partition coefficient (Wildman–Crippen LogP) is 2.91. The molecule has 2 aliphatic rings. The monoisotopic (exact) mass is 368 g/mol. The van der Waals surface area contributed by atoms with Crippen molar-refractivity contribution in [1.29, 1.82) is 0 Å². The van der Waals surface area contributed by atoms with Crippen LogP contribution in [0.4, 0.5) is 5.95 Å². The Morgan fingerprint density at radius 1 is 1.16 bits per heavy atom. The fraction of sp³-hybridized carbons (Fsp3) is 0.722. The fourth-order valence-electron chi connectivity index (χ4n) is 4.10. The molecule has 0 saturated carbocycles. The van der Waals surface area contributed by atoms with E-state index in [-0.39, 0.29) is 18.3 Å². The van der Waals surface area contributed by atoms with Gasteiger partial charge in [-0.15, -0.1) is 12.4 Å².